The summed E-state index contributed by atoms with van der Waals surface area (Å²) in [6.45, 7) is 11.3. The molecule has 1 aromatic rings. The molecule has 3 rings (SSSR count). The van der Waals surface area contributed by atoms with Crippen molar-refractivity contribution in [3.8, 4) is 11.5 Å². The fourth-order valence-corrected chi connectivity index (χ4v) is 4.06. The number of aliphatic hydroxyl groups excluding tert-OH is 1. The second-order valence-corrected chi connectivity index (χ2v) is 8.91. The largest absolute Gasteiger partial charge is 0.493 e. The molecule has 0 aliphatic carbocycles. The lowest BCUT2D eigenvalue weighted by Crippen LogP contribution is -2.58. The topological polar surface area (TPSA) is 48.4 Å². The SMILES string of the molecule is COc1ccc(CN2CC=CCC2)cc1OCC(O)CN1CCN(C)C(C)(C)C1. The molecule has 162 valence electrons. The van der Waals surface area contributed by atoms with Crippen molar-refractivity contribution in [3.63, 3.8) is 0 Å². The highest BCUT2D eigenvalue weighted by Crippen LogP contribution is 2.29. The molecule has 0 saturated carbocycles. The van der Waals surface area contributed by atoms with Crippen molar-refractivity contribution in [2.45, 2.75) is 38.5 Å². The summed E-state index contributed by atoms with van der Waals surface area (Å²) in [7, 11) is 3.82. The summed E-state index contributed by atoms with van der Waals surface area (Å²) in [5.41, 5.74) is 1.33. The molecule has 29 heavy (non-hydrogen) atoms. The maximum absolute atomic E-state index is 10.6. The predicted octanol–water partition coefficient (Wildman–Crippen LogP) is 2.22. The zero-order valence-electron chi connectivity index (χ0n) is 18.4. The summed E-state index contributed by atoms with van der Waals surface area (Å²) < 4.78 is 11.5. The molecule has 1 aromatic carbocycles. The van der Waals surface area contributed by atoms with Crippen molar-refractivity contribution in [1.82, 2.24) is 14.7 Å². The molecule has 2 aliphatic heterocycles. The van der Waals surface area contributed by atoms with Gasteiger partial charge in [0.1, 0.15) is 12.7 Å². The first kappa shape index (κ1) is 22.1. The molecular formula is C23H37N3O3. The molecule has 1 unspecified atom stereocenters. The van der Waals surface area contributed by atoms with Crippen LogP contribution in [0.5, 0.6) is 11.5 Å². The summed E-state index contributed by atoms with van der Waals surface area (Å²) in [5.74, 6) is 1.41. The highest BCUT2D eigenvalue weighted by atomic mass is 16.5. The van der Waals surface area contributed by atoms with Gasteiger partial charge < -0.3 is 14.6 Å². The molecule has 1 atom stereocenters. The second kappa shape index (κ2) is 9.94. The quantitative estimate of drug-likeness (QED) is 0.672. The van der Waals surface area contributed by atoms with E-state index in [0.29, 0.717) is 18.0 Å². The van der Waals surface area contributed by atoms with Gasteiger partial charge in [0.05, 0.1) is 7.11 Å². The van der Waals surface area contributed by atoms with Crippen molar-refractivity contribution in [3.05, 3.63) is 35.9 Å². The van der Waals surface area contributed by atoms with E-state index < -0.39 is 6.10 Å². The molecule has 2 heterocycles. The molecule has 0 amide bonds. The first-order chi connectivity index (χ1) is 13.9. The number of methoxy groups -OCH3 is 1. The van der Waals surface area contributed by atoms with E-state index in [1.165, 1.54) is 5.56 Å². The average molecular weight is 404 g/mol. The van der Waals surface area contributed by atoms with E-state index in [-0.39, 0.29) is 12.1 Å². The number of nitrogens with zero attached hydrogens (tertiary/aromatic N) is 3. The summed E-state index contributed by atoms with van der Waals surface area (Å²) in [6.07, 6.45) is 5.03. The summed E-state index contributed by atoms with van der Waals surface area (Å²) >= 11 is 0. The first-order valence-corrected chi connectivity index (χ1v) is 10.7. The number of hydrogen-bond acceptors (Lipinski definition) is 6. The second-order valence-electron chi connectivity index (χ2n) is 8.91. The highest BCUT2D eigenvalue weighted by molar-refractivity contribution is 5.43. The Bertz CT molecular complexity index is 692. The Balaban J connectivity index is 1.54. The number of β-amino-alcohol motifs (C(OH)–C–C–N with tert-alkyl or cyclic N) is 1. The smallest absolute Gasteiger partial charge is 0.161 e. The number of benzene rings is 1. The lowest BCUT2D eigenvalue weighted by Gasteiger charge is -2.45. The van der Waals surface area contributed by atoms with Crippen molar-refractivity contribution >= 4 is 0 Å². The Morgan fingerprint density at radius 2 is 1.93 bits per heavy atom. The van der Waals surface area contributed by atoms with E-state index in [9.17, 15) is 5.11 Å². The Kier molecular flexibility index (Phi) is 7.57. The Morgan fingerprint density at radius 3 is 2.62 bits per heavy atom. The predicted molar refractivity (Wildman–Crippen MR) is 117 cm³/mol. The van der Waals surface area contributed by atoms with Gasteiger partial charge in [0.15, 0.2) is 11.5 Å². The fourth-order valence-electron chi connectivity index (χ4n) is 4.06. The van der Waals surface area contributed by atoms with Crippen LogP contribution >= 0.6 is 0 Å². The summed E-state index contributed by atoms with van der Waals surface area (Å²) in [6, 6.07) is 6.09. The molecule has 1 fully saturated rings. The van der Waals surface area contributed by atoms with Gasteiger partial charge in [0.25, 0.3) is 0 Å². The van der Waals surface area contributed by atoms with E-state index in [0.717, 1.165) is 45.7 Å². The Labute approximate surface area is 175 Å². The van der Waals surface area contributed by atoms with E-state index in [4.69, 9.17) is 9.47 Å². The Hall–Kier alpha value is -1.60. The van der Waals surface area contributed by atoms with Crippen LogP contribution < -0.4 is 9.47 Å². The fraction of sp³-hybridized carbons (Fsp3) is 0.652. The number of hydrogen-bond donors (Lipinski definition) is 1. The average Bonchev–Trinajstić information content (AvgIpc) is 2.70. The maximum Gasteiger partial charge on any atom is 0.161 e. The molecule has 1 N–H and O–H groups in total. The van der Waals surface area contributed by atoms with Crippen LogP contribution in [-0.4, -0.2) is 91.5 Å². The molecule has 0 aromatic heterocycles. The number of ether oxygens (including phenoxy) is 2. The van der Waals surface area contributed by atoms with Gasteiger partial charge in [-0.05, 0) is 45.0 Å². The standard InChI is InChI=1S/C23H37N3O3/c1-23(2)18-26(13-12-24(23)3)16-20(27)17-29-22-14-19(8-9-21(22)28-4)15-25-10-6-5-7-11-25/h5-6,8-9,14,20,27H,7,10-13,15-18H2,1-4H3. The lowest BCUT2D eigenvalue weighted by molar-refractivity contribution is 0.00371. The minimum Gasteiger partial charge on any atom is -0.493 e. The molecule has 6 nitrogen and oxygen atoms in total. The highest BCUT2D eigenvalue weighted by Gasteiger charge is 2.31. The van der Waals surface area contributed by atoms with Crippen LogP contribution in [0.4, 0.5) is 0 Å². The summed E-state index contributed by atoms with van der Waals surface area (Å²) in [5, 5.41) is 10.6. The third kappa shape index (κ3) is 6.19. The summed E-state index contributed by atoms with van der Waals surface area (Å²) in [4.78, 5) is 7.11. The monoisotopic (exact) mass is 403 g/mol. The van der Waals surface area contributed by atoms with Gasteiger partial charge in [-0.3, -0.25) is 14.7 Å². The zero-order valence-corrected chi connectivity index (χ0v) is 18.4. The van der Waals surface area contributed by atoms with Crippen LogP contribution in [0.1, 0.15) is 25.8 Å². The van der Waals surface area contributed by atoms with Gasteiger partial charge in [0, 0.05) is 51.4 Å². The van der Waals surface area contributed by atoms with Crippen molar-refractivity contribution in [2.24, 2.45) is 0 Å². The molecule has 0 bridgehead atoms. The van der Waals surface area contributed by atoms with Gasteiger partial charge in [-0.2, -0.15) is 0 Å². The van der Waals surface area contributed by atoms with Crippen molar-refractivity contribution < 1.29 is 14.6 Å². The van der Waals surface area contributed by atoms with Crippen LogP contribution in [-0.2, 0) is 6.54 Å². The van der Waals surface area contributed by atoms with Gasteiger partial charge in [-0.25, -0.2) is 0 Å². The lowest BCUT2D eigenvalue weighted by atomic mass is 9.99. The van der Waals surface area contributed by atoms with Gasteiger partial charge in [0.2, 0.25) is 0 Å². The molecule has 0 radical (unpaired) electrons. The van der Waals surface area contributed by atoms with Crippen molar-refractivity contribution in [1.29, 1.82) is 0 Å². The van der Waals surface area contributed by atoms with Crippen molar-refractivity contribution in [2.75, 3.05) is 60.0 Å². The van der Waals surface area contributed by atoms with Crippen LogP contribution in [0.25, 0.3) is 0 Å². The van der Waals surface area contributed by atoms with Gasteiger partial charge >= 0.3 is 0 Å². The molecule has 6 heteroatoms. The van der Waals surface area contributed by atoms with Crippen LogP contribution in [0, 0.1) is 0 Å². The zero-order chi connectivity index (χ0) is 20.9. The van der Waals surface area contributed by atoms with E-state index in [1.54, 1.807) is 7.11 Å². The van der Waals surface area contributed by atoms with Gasteiger partial charge in [-0.1, -0.05) is 18.2 Å². The maximum atomic E-state index is 10.6. The number of rotatable bonds is 8. The van der Waals surface area contributed by atoms with E-state index in [1.807, 2.05) is 12.1 Å². The third-order valence-electron chi connectivity index (χ3n) is 6.07. The van der Waals surface area contributed by atoms with Crippen LogP contribution in [0.15, 0.2) is 30.4 Å². The third-order valence-corrected chi connectivity index (χ3v) is 6.07. The van der Waals surface area contributed by atoms with Crippen LogP contribution in [0.3, 0.4) is 0 Å². The molecule has 0 spiro atoms. The minimum absolute atomic E-state index is 0.125. The molecular weight excluding hydrogens is 366 g/mol. The Morgan fingerprint density at radius 1 is 1.10 bits per heavy atom. The number of likely N-dealkylation sites (N-methyl/N-ethyl adjacent to an activating group) is 1. The molecule has 2 aliphatic rings. The van der Waals surface area contributed by atoms with Gasteiger partial charge in [-0.15, -0.1) is 0 Å². The molecule has 1 saturated heterocycles. The normalized spacial score (nSPS) is 21.8. The minimum atomic E-state index is -0.533. The van der Waals surface area contributed by atoms with E-state index in [2.05, 4.69) is 53.8 Å². The first-order valence-electron chi connectivity index (χ1n) is 10.7. The van der Waals surface area contributed by atoms with Crippen LogP contribution in [0.2, 0.25) is 0 Å². The number of piperazine rings is 1. The number of aliphatic hydroxyl groups is 1. The van der Waals surface area contributed by atoms with E-state index >= 15 is 0 Å².